The molecule has 0 fully saturated rings. The first kappa shape index (κ1) is 195. The maximum absolute atomic E-state index is 3.25. The van der Waals surface area contributed by atoms with Crippen LogP contribution in [0.5, 0.6) is 0 Å². The van der Waals surface area contributed by atoms with E-state index < -0.39 is 0 Å². The molecule has 0 amide bonds. The van der Waals surface area contributed by atoms with E-state index in [9.17, 15) is 0 Å². The van der Waals surface area contributed by atoms with Crippen molar-refractivity contribution >= 4 is 0 Å². The van der Waals surface area contributed by atoms with Crippen molar-refractivity contribution in [2.45, 2.75) is 51.0 Å². The summed E-state index contributed by atoms with van der Waals surface area (Å²) in [5.74, 6) is 0. The predicted molar refractivity (Wildman–Crippen MR) is 75.0 cm³/mol. The molecule has 0 aromatic rings. The van der Waals surface area contributed by atoms with Gasteiger partial charge >= 0.3 is 0 Å². The van der Waals surface area contributed by atoms with Crippen LogP contribution in [0.2, 0.25) is 0 Å². The Morgan fingerprint density at radius 2 is 0.400 bits per heavy atom. The number of rotatable bonds is 0. The Morgan fingerprint density at radius 1 is 0.400 bits per heavy atom. The fraction of sp³-hybridized carbons (Fsp3) is 0.583. The van der Waals surface area contributed by atoms with Gasteiger partial charge in [0.1, 0.15) is 0 Å². The molecule has 3 radical (unpaired) electrons. The first-order valence-electron chi connectivity index (χ1n) is 1.41. The van der Waals surface area contributed by atoms with E-state index in [4.69, 9.17) is 0 Å². The van der Waals surface area contributed by atoms with Gasteiger partial charge in [0.05, 0.1) is 0 Å². The van der Waals surface area contributed by atoms with Crippen LogP contribution in [0.4, 0.5) is 0 Å². The maximum Gasteiger partial charge on any atom is 0 e. The topological polar surface area (TPSA) is 0 Å². The molecule has 0 aromatic carbocycles. The first-order chi connectivity index (χ1) is 2.00. The third-order valence-corrected chi connectivity index (χ3v) is 0. The summed E-state index contributed by atoms with van der Waals surface area (Å²) in [6, 6.07) is 0. The van der Waals surface area contributed by atoms with Crippen molar-refractivity contribution in [2.75, 3.05) is 0 Å². The molecule has 0 aromatic heterocycles. The van der Waals surface area contributed by atoms with Gasteiger partial charge in [0.25, 0.3) is 0 Å². The molecule has 0 aliphatic carbocycles. The summed E-state index contributed by atoms with van der Waals surface area (Å²) in [7, 11) is 0. The normalized spacial score (nSPS) is 0.800. The third kappa shape index (κ3) is 370. The molecule has 0 nitrogen and oxygen atoms in total. The maximum atomic E-state index is 3.25. The van der Waals surface area contributed by atoms with E-state index in [1.54, 1.807) is 13.8 Å². The van der Waals surface area contributed by atoms with Crippen LogP contribution in [-0.4, -0.2) is 0 Å². The van der Waals surface area contributed by atoms with Gasteiger partial charge in [0.2, 0.25) is 0 Å². The SMILES string of the molecule is C.C.C.C.C.[CH2-]C.[CH2-]C.[CH3-].[CH3-].[CH3-].[Y].[Y].[Y]. The molecule has 101 valence electrons. The zero-order chi connectivity index (χ0) is 4.00. The molecule has 3 heteroatoms. The molecule has 0 saturated heterocycles. The second-order valence-corrected chi connectivity index (χ2v) is 0. The predicted octanol–water partition coefficient (Wildman–Crippen LogP) is 6.20. The summed E-state index contributed by atoms with van der Waals surface area (Å²) in [6.07, 6.45) is 0. The molecule has 15 heavy (non-hydrogen) atoms. The van der Waals surface area contributed by atoms with E-state index in [1.807, 2.05) is 0 Å². The molecule has 0 heterocycles. The smallest absolute Gasteiger partial charge is 0 e. The summed E-state index contributed by atoms with van der Waals surface area (Å²) in [5, 5.41) is 0. The third-order valence-electron chi connectivity index (χ3n) is 0. The van der Waals surface area contributed by atoms with Crippen LogP contribution < -0.4 is 0 Å². The fourth-order valence-electron chi connectivity index (χ4n) is 0. The van der Waals surface area contributed by atoms with Crippen molar-refractivity contribution in [2.24, 2.45) is 0 Å². The first-order valence-corrected chi connectivity index (χ1v) is 1.41. The van der Waals surface area contributed by atoms with Gasteiger partial charge in [-0.2, -0.15) is 13.8 Å². The van der Waals surface area contributed by atoms with Crippen molar-refractivity contribution in [3.8, 4) is 0 Å². The number of hydrogen-bond acceptors (Lipinski definition) is 0. The van der Waals surface area contributed by atoms with Crippen molar-refractivity contribution in [3.63, 3.8) is 0 Å². The Kier molecular flexibility index (Phi) is 5450. The standard InChI is InChI=1S/2C2H5.5CH4.3CH3.3Y/c2*1-2;;;;;;;;;;;/h2*1H2,2H3;5*1H4;3*1H3;;;/q2*-1;;;;;;3*-1;;;. The molecule has 0 unspecified atom stereocenters. The minimum absolute atomic E-state index is 0. The zero-order valence-corrected chi connectivity index (χ0v) is 16.7. The van der Waals surface area contributed by atoms with E-state index in [0.29, 0.717) is 0 Å². The monoisotopic (exact) mass is 450 g/mol. The number of hydrogen-bond donors (Lipinski definition) is 0. The van der Waals surface area contributed by atoms with Gasteiger partial charge in [-0.3, -0.25) is 0 Å². The van der Waals surface area contributed by atoms with Gasteiger partial charge in [-0.15, -0.1) is 0 Å². The van der Waals surface area contributed by atoms with Gasteiger partial charge in [0, 0.05) is 98.1 Å². The minimum Gasteiger partial charge on any atom is -0.358 e. The Morgan fingerprint density at radius 3 is 0.400 bits per heavy atom. The molecule has 0 spiro atoms. The van der Waals surface area contributed by atoms with Crippen molar-refractivity contribution < 1.29 is 98.1 Å². The Balaban J connectivity index is -0.000000000280. The Bertz CT molecular complexity index is 10.8. The summed E-state index contributed by atoms with van der Waals surface area (Å²) >= 11 is 0. The fourth-order valence-corrected chi connectivity index (χ4v) is 0. The summed E-state index contributed by atoms with van der Waals surface area (Å²) in [4.78, 5) is 0. The van der Waals surface area contributed by atoms with E-state index in [2.05, 4.69) is 13.8 Å². The second-order valence-electron chi connectivity index (χ2n) is 0. The molecule has 0 aliphatic heterocycles. The van der Waals surface area contributed by atoms with Crippen molar-refractivity contribution in [1.82, 2.24) is 0 Å². The Hall–Kier alpha value is 3.31. The van der Waals surface area contributed by atoms with Crippen LogP contribution in [0.3, 0.4) is 0 Å². The van der Waals surface area contributed by atoms with Crippen LogP contribution in [0.1, 0.15) is 51.0 Å². The molecule has 0 N–H and O–H groups in total. The van der Waals surface area contributed by atoms with Crippen molar-refractivity contribution in [1.29, 1.82) is 0 Å². The average Bonchev–Trinajstić information content (AvgIpc) is 1.50. The minimum atomic E-state index is 0. The van der Waals surface area contributed by atoms with Gasteiger partial charge < -0.3 is 36.1 Å². The molecular formula is C12H39Y3-5. The van der Waals surface area contributed by atoms with E-state index in [0.717, 1.165) is 0 Å². The van der Waals surface area contributed by atoms with Gasteiger partial charge in [-0.25, -0.2) is 0 Å². The van der Waals surface area contributed by atoms with E-state index in [1.165, 1.54) is 0 Å². The summed E-state index contributed by atoms with van der Waals surface area (Å²) in [5.41, 5.74) is 0. The largest absolute Gasteiger partial charge is 0.358 e. The Labute approximate surface area is 182 Å². The quantitative estimate of drug-likeness (QED) is 0.386. The van der Waals surface area contributed by atoms with E-state index in [-0.39, 0.29) is 158 Å². The molecule has 0 atom stereocenters. The average molecular weight is 450 g/mol. The van der Waals surface area contributed by atoms with E-state index >= 15 is 0 Å². The molecular weight excluding hydrogens is 411 g/mol. The summed E-state index contributed by atoms with van der Waals surface area (Å²) in [6.45, 7) is 10.0. The van der Waals surface area contributed by atoms with Gasteiger partial charge in [-0.1, -0.05) is 37.1 Å². The zero-order valence-electron chi connectivity index (χ0n) is 8.15. The molecule has 0 aliphatic rings. The van der Waals surface area contributed by atoms with Gasteiger partial charge in [0.15, 0.2) is 0 Å². The van der Waals surface area contributed by atoms with Crippen LogP contribution in [0.25, 0.3) is 0 Å². The summed E-state index contributed by atoms with van der Waals surface area (Å²) < 4.78 is 0. The molecule has 0 rings (SSSR count). The van der Waals surface area contributed by atoms with Gasteiger partial charge in [-0.05, 0) is 0 Å². The molecule has 0 bridgehead atoms. The van der Waals surface area contributed by atoms with Crippen LogP contribution in [0.15, 0.2) is 0 Å². The van der Waals surface area contributed by atoms with Crippen LogP contribution >= 0.6 is 0 Å². The van der Waals surface area contributed by atoms with Crippen molar-refractivity contribution in [3.05, 3.63) is 36.1 Å². The van der Waals surface area contributed by atoms with Crippen LogP contribution in [0, 0.1) is 36.1 Å². The molecule has 0 saturated carbocycles. The van der Waals surface area contributed by atoms with Crippen LogP contribution in [-0.2, 0) is 98.1 Å². The second kappa shape index (κ2) is 420.